The van der Waals surface area contributed by atoms with Crippen molar-refractivity contribution >= 4 is 18.0 Å². The van der Waals surface area contributed by atoms with Crippen LogP contribution in [0.5, 0.6) is 0 Å². The summed E-state index contributed by atoms with van der Waals surface area (Å²) in [5.41, 5.74) is 4.26. The number of benzene rings is 2. The van der Waals surface area contributed by atoms with Gasteiger partial charge in [-0.05, 0) is 22.3 Å². The second kappa shape index (κ2) is 9.51. The molecule has 2 aromatic carbocycles. The summed E-state index contributed by atoms with van der Waals surface area (Å²) in [7, 11) is 0. The SMILES string of the molecule is Cc1nc(CNC(=O)C(CC(=O)O)NC(=O)OCC2c3ccccc3-c3ccccc32)no1. The Balaban J connectivity index is 1.38. The molecule has 0 radical (unpaired) electrons. The maximum Gasteiger partial charge on any atom is 0.407 e. The van der Waals surface area contributed by atoms with Crippen LogP contribution >= 0.6 is 0 Å². The van der Waals surface area contributed by atoms with Crippen molar-refractivity contribution in [3.8, 4) is 11.1 Å². The number of hydrogen-bond acceptors (Lipinski definition) is 7. The van der Waals surface area contributed by atoms with Gasteiger partial charge in [-0.25, -0.2) is 4.79 Å². The molecule has 2 amide bonds. The number of rotatable bonds is 8. The van der Waals surface area contributed by atoms with E-state index < -0.39 is 30.4 Å². The molecule has 0 aliphatic heterocycles. The Kier molecular flexibility index (Phi) is 6.34. The van der Waals surface area contributed by atoms with Crippen molar-refractivity contribution in [2.24, 2.45) is 0 Å². The van der Waals surface area contributed by atoms with Crippen LogP contribution < -0.4 is 10.6 Å². The van der Waals surface area contributed by atoms with E-state index in [4.69, 9.17) is 14.4 Å². The molecule has 33 heavy (non-hydrogen) atoms. The largest absolute Gasteiger partial charge is 0.481 e. The highest BCUT2D eigenvalue weighted by Crippen LogP contribution is 2.44. The quantitative estimate of drug-likeness (QED) is 0.475. The number of ether oxygens (including phenoxy) is 1. The average molecular weight is 450 g/mol. The Labute approximate surface area is 189 Å². The molecule has 0 saturated heterocycles. The van der Waals surface area contributed by atoms with Crippen molar-refractivity contribution in [3.05, 3.63) is 71.4 Å². The Hall–Kier alpha value is -4.21. The number of aromatic nitrogens is 2. The minimum atomic E-state index is -1.33. The number of alkyl carbamates (subject to hydrolysis) is 1. The number of hydrogen-bond donors (Lipinski definition) is 3. The Bertz CT molecular complexity index is 1150. The molecule has 1 heterocycles. The molecule has 0 fully saturated rings. The highest BCUT2D eigenvalue weighted by molar-refractivity contribution is 5.89. The first-order valence-corrected chi connectivity index (χ1v) is 10.3. The van der Waals surface area contributed by atoms with Crippen molar-refractivity contribution in [2.45, 2.75) is 31.8 Å². The first-order chi connectivity index (χ1) is 15.9. The van der Waals surface area contributed by atoms with E-state index in [1.165, 1.54) is 0 Å². The fourth-order valence-electron chi connectivity index (χ4n) is 3.87. The summed E-state index contributed by atoms with van der Waals surface area (Å²) in [6.45, 7) is 1.58. The second-order valence-corrected chi connectivity index (χ2v) is 7.57. The van der Waals surface area contributed by atoms with Crippen LogP contribution in [-0.2, 0) is 20.9 Å². The fourth-order valence-corrected chi connectivity index (χ4v) is 3.87. The number of amides is 2. The Morgan fingerprint density at radius 3 is 2.30 bits per heavy atom. The van der Waals surface area contributed by atoms with Crippen molar-refractivity contribution in [3.63, 3.8) is 0 Å². The lowest BCUT2D eigenvalue weighted by Gasteiger charge is -2.18. The number of aryl methyl sites for hydroxylation is 1. The van der Waals surface area contributed by atoms with Crippen LogP contribution in [0.15, 0.2) is 53.1 Å². The van der Waals surface area contributed by atoms with Crippen molar-refractivity contribution in [2.75, 3.05) is 6.61 Å². The van der Waals surface area contributed by atoms with Gasteiger partial charge in [-0.3, -0.25) is 9.59 Å². The summed E-state index contributed by atoms with van der Waals surface area (Å²) in [6, 6.07) is 14.5. The van der Waals surface area contributed by atoms with Gasteiger partial charge in [0.05, 0.1) is 13.0 Å². The molecule has 0 bridgehead atoms. The molecule has 1 aliphatic carbocycles. The van der Waals surface area contributed by atoms with Gasteiger partial charge >= 0.3 is 12.1 Å². The third-order valence-corrected chi connectivity index (χ3v) is 5.32. The summed E-state index contributed by atoms with van der Waals surface area (Å²) in [4.78, 5) is 40.1. The maximum absolute atomic E-state index is 12.5. The second-order valence-electron chi connectivity index (χ2n) is 7.57. The zero-order valence-corrected chi connectivity index (χ0v) is 17.8. The third-order valence-electron chi connectivity index (χ3n) is 5.32. The van der Waals surface area contributed by atoms with E-state index in [2.05, 4.69) is 20.8 Å². The molecular weight excluding hydrogens is 428 g/mol. The van der Waals surface area contributed by atoms with Crippen molar-refractivity contribution in [1.82, 2.24) is 20.8 Å². The van der Waals surface area contributed by atoms with Crippen LogP contribution in [-0.4, -0.2) is 45.9 Å². The van der Waals surface area contributed by atoms with Crippen LogP contribution in [0.4, 0.5) is 4.79 Å². The molecule has 0 spiro atoms. The predicted molar refractivity (Wildman–Crippen MR) is 115 cm³/mol. The van der Waals surface area contributed by atoms with Gasteiger partial charge in [0.15, 0.2) is 5.82 Å². The van der Waals surface area contributed by atoms with Crippen LogP contribution in [0.25, 0.3) is 11.1 Å². The number of fused-ring (bicyclic) bond motifs is 3. The molecule has 10 heteroatoms. The molecule has 170 valence electrons. The number of carbonyl (C=O) groups is 3. The van der Waals surface area contributed by atoms with E-state index in [9.17, 15) is 14.4 Å². The van der Waals surface area contributed by atoms with Crippen LogP contribution in [0.1, 0.15) is 35.2 Å². The first-order valence-electron chi connectivity index (χ1n) is 10.3. The summed E-state index contributed by atoms with van der Waals surface area (Å²) >= 11 is 0. The molecule has 3 N–H and O–H groups in total. The molecule has 3 aromatic rings. The highest BCUT2D eigenvalue weighted by atomic mass is 16.5. The van der Waals surface area contributed by atoms with Gasteiger partial charge in [0.2, 0.25) is 11.8 Å². The van der Waals surface area contributed by atoms with E-state index >= 15 is 0 Å². The van der Waals surface area contributed by atoms with E-state index in [1.807, 2.05) is 48.5 Å². The van der Waals surface area contributed by atoms with Crippen molar-refractivity contribution in [1.29, 1.82) is 0 Å². The van der Waals surface area contributed by atoms with E-state index in [1.54, 1.807) is 6.92 Å². The van der Waals surface area contributed by atoms with Gasteiger partial charge < -0.3 is 25.0 Å². The molecule has 4 rings (SSSR count). The lowest BCUT2D eigenvalue weighted by molar-refractivity contribution is -0.139. The lowest BCUT2D eigenvalue weighted by atomic mass is 9.98. The smallest absolute Gasteiger partial charge is 0.407 e. The van der Waals surface area contributed by atoms with Gasteiger partial charge in [-0.2, -0.15) is 4.98 Å². The summed E-state index contributed by atoms with van der Waals surface area (Å²) in [5, 5.41) is 17.6. The summed E-state index contributed by atoms with van der Waals surface area (Å²) in [5.74, 6) is -1.54. The standard InChI is InChI=1S/C23H22N4O6/c1-13-25-20(27-33-13)11-24-22(30)19(10-21(28)29)26-23(31)32-12-18-16-8-4-2-6-14(16)15-7-3-5-9-17(15)18/h2-9,18-19H,10-12H2,1H3,(H,24,30)(H,26,31)(H,28,29). The molecule has 1 atom stereocenters. The molecule has 1 aliphatic rings. The predicted octanol–water partition coefficient (Wildman–Crippen LogP) is 2.38. The van der Waals surface area contributed by atoms with Gasteiger partial charge in [0.25, 0.3) is 0 Å². The number of carbonyl (C=O) groups excluding carboxylic acids is 2. The fraction of sp³-hybridized carbons (Fsp3) is 0.261. The van der Waals surface area contributed by atoms with Gasteiger partial charge in [0.1, 0.15) is 12.6 Å². The summed E-state index contributed by atoms with van der Waals surface area (Å²) in [6.07, 6.45) is -1.49. The number of nitrogens with one attached hydrogen (secondary N) is 2. The monoisotopic (exact) mass is 450 g/mol. The van der Waals surface area contributed by atoms with Gasteiger partial charge in [0, 0.05) is 12.8 Å². The normalized spacial score (nSPS) is 13.0. The van der Waals surface area contributed by atoms with E-state index in [0.29, 0.717) is 5.89 Å². The minimum Gasteiger partial charge on any atom is -0.481 e. The molecule has 0 saturated carbocycles. The van der Waals surface area contributed by atoms with Crippen LogP contribution in [0, 0.1) is 6.92 Å². The molecule has 1 unspecified atom stereocenters. The molecule has 10 nitrogen and oxygen atoms in total. The van der Waals surface area contributed by atoms with E-state index in [0.717, 1.165) is 22.3 Å². The number of carboxylic acids is 1. The first kappa shape index (κ1) is 22.0. The summed E-state index contributed by atoms with van der Waals surface area (Å²) < 4.78 is 10.2. The maximum atomic E-state index is 12.5. The third kappa shape index (κ3) is 5.00. The van der Waals surface area contributed by atoms with Gasteiger partial charge in [-0.15, -0.1) is 0 Å². The van der Waals surface area contributed by atoms with Crippen LogP contribution in [0.3, 0.4) is 0 Å². The molecular formula is C23H22N4O6. The van der Waals surface area contributed by atoms with Gasteiger partial charge in [-0.1, -0.05) is 53.7 Å². The minimum absolute atomic E-state index is 0.0450. The van der Waals surface area contributed by atoms with Crippen LogP contribution in [0.2, 0.25) is 0 Å². The highest BCUT2D eigenvalue weighted by Gasteiger charge is 2.30. The molecule has 1 aromatic heterocycles. The van der Waals surface area contributed by atoms with E-state index in [-0.39, 0.29) is 24.9 Å². The van der Waals surface area contributed by atoms with Crippen molar-refractivity contribution < 1.29 is 28.8 Å². The Morgan fingerprint density at radius 2 is 1.73 bits per heavy atom. The average Bonchev–Trinajstić information content (AvgIpc) is 3.36. The Morgan fingerprint density at radius 1 is 1.09 bits per heavy atom. The lowest BCUT2D eigenvalue weighted by Crippen LogP contribution is -2.48. The number of carboxylic acid groups (broad SMARTS) is 1. The zero-order valence-electron chi connectivity index (χ0n) is 17.8. The topological polar surface area (TPSA) is 144 Å². The zero-order chi connectivity index (χ0) is 23.4. The number of nitrogens with zero attached hydrogens (tertiary/aromatic N) is 2. The number of aliphatic carboxylic acids is 1.